The van der Waals surface area contributed by atoms with E-state index in [1.54, 1.807) is 6.33 Å². The Hall–Kier alpha value is -3.28. The van der Waals surface area contributed by atoms with Crippen molar-refractivity contribution in [2.24, 2.45) is 0 Å². The third-order valence-electron chi connectivity index (χ3n) is 5.71. The summed E-state index contributed by atoms with van der Waals surface area (Å²) >= 11 is 13.3. The van der Waals surface area contributed by atoms with Crippen LogP contribution in [0.5, 0.6) is 5.75 Å². The SMILES string of the molecule is Clc1ccccc1[C@@H]1Oc2ccccc2C2=C1[C@@H](c1ccccc1Cl)n1ncnc1N2. The topological polar surface area (TPSA) is 52.0 Å². The summed E-state index contributed by atoms with van der Waals surface area (Å²) in [6.45, 7) is 0. The summed E-state index contributed by atoms with van der Waals surface area (Å²) < 4.78 is 8.41. The lowest BCUT2D eigenvalue weighted by Gasteiger charge is -2.39. The first-order valence-electron chi connectivity index (χ1n) is 9.88. The average molecular weight is 447 g/mol. The lowest BCUT2D eigenvalue weighted by atomic mass is 9.84. The van der Waals surface area contributed by atoms with Gasteiger partial charge >= 0.3 is 0 Å². The Morgan fingerprint density at radius 3 is 2.29 bits per heavy atom. The second kappa shape index (κ2) is 7.15. The van der Waals surface area contributed by atoms with Crippen LogP contribution in [0.1, 0.15) is 28.8 Å². The predicted molar refractivity (Wildman–Crippen MR) is 121 cm³/mol. The molecule has 4 aromatic rings. The monoisotopic (exact) mass is 446 g/mol. The number of nitrogens with one attached hydrogen (secondary N) is 1. The number of benzene rings is 3. The van der Waals surface area contributed by atoms with Gasteiger partial charge in [0.1, 0.15) is 18.1 Å². The van der Waals surface area contributed by atoms with E-state index < -0.39 is 6.10 Å². The third kappa shape index (κ3) is 2.85. The number of rotatable bonds is 2. The van der Waals surface area contributed by atoms with Crippen LogP contribution < -0.4 is 10.1 Å². The Balaban J connectivity index is 1.67. The second-order valence-electron chi connectivity index (χ2n) is 7.42. The summed E-state index contributed by atoms with van der Waals surface area (Å²) in [5, 5.41) is 9.28. The van der Waals surface area contributed by atoms with Gasteiger partial charge in [-0.05, 0) is 29.8 Å². The van der Waals surface area contributed by atoms with E-state index in [0.29, 0.717) is 16.0 Å². The van der Waals surface area contributed by atoms with Crippen molar-refractivity contribution in [3.8, 4) is 5.75 Å². The molecule has 31 heavy (non-hydrogen) atoms. The number of ether oxygens (including phenoxy) is 1. The van der Waals surface area contributed by atoms with E-state index in [1.807, 2.05) is 77.5 Å². The molecular formula is C24H16Cl2N4O. The molecule has 0 spiro atoms. The van der Waals surface area contributed by atoms with Gasteiger partial charge in [-0.3, -0.25) is 0 Å². The minimum atomic E-state index is -0.426. The molecule has 0 saturated heterocycles. The van der Waals surface area contributed by atoms with E-state index in [2.05, 4.69) is 15.4 Å². The molecule has 3 heterocycles. The van der Waals surface area contributed by atoms with Crippen LogP contribution in [-0.2, 0) is 0 Å². The van der Waals surface area contributed by atoms with Crippen LogP contribution in [0, 0.1) is 0 Å². The molecular weight excluding hydrogens is 431 g/mol. The Labute approximate surface area is 188 Å². The highest BCUT2D eigenvalue weighted by Crippen LogP contribution is 2.52. The van der Waals surface area contributed by atoms with Gasteiger partial charge in [-0.15, -0.1) is 0 Å². The van der Waals surface area contributed by atoms with Crippen LogP contribution in [0.2, 0.25) is 10.0 Å². The fraction of sp³-hybridized carbons (Fsp3) is 0.0833. The molecule has 0 bridgehead atoms. The first kappa shape index (κ1) is 18.5. The van der Waals surface area contributed by atoms with Crippen molar-refractivity contribution in [3.05, 3.63) is 111 Å². The van der Waals surface area contributed by atoms with Gasteiger partial charge in [-0.25, -0.2) is 4.68 Å². The Kier molecular flexibility index (Phi) is 4.26. The minimum Gasteiger partial charge on any atom is -0.480 e. The van der Waals surface area contributed by atoms with Crippen LogP contribution in [0.4, 0.5) is 5.95 Å². The summed E-state index contributed by atoms with van der Waals surface area (Å²) in [6, 6.07) is 23.2. The van der Waals surface area contributed by atoms with Crippen LogP contribution in [0.3, 0.4) is 0 Å². The van der Waals surface area contributed by atoms with Gasteiger partial charge in [0.05, 0.1) is 5.70 Å². The highest BCUT2D eigenvalue weighted by Gasteiger charge is 2.41. The molecule has 2 aliphatic rings. The molecule has 0 saturated carbocycles. The summed E-state index contributed by atoms with van der Waals surface area (Å²) in [4.78, 5) is 4.44. The summed E-state index contributed by atoms with van der Waals surface area (Å²) in [6.07, 6.45) is 1.12. The van der Waals surface area contributed by atoms with Crippen molar-refractivity contribution in [3.63, 3.8) is 0 Å². The summed E-state index contributed by atoms with van der Waals surface area (Å²) in [7, 11) is 0. The van der Waals surface area contributed by atoms with E-state index >= 15 is 0 Å². The molecule has 5 nitrogen and oxygen atoms in total. The third-order valence-corrected chi connectivity index (χ3v) is 6.40. The van der Waals surface area contributed by atoms with Crippen LogP contribution >= 0.6 is 23.2 Å². The largest absolute Gasteiger partial charge is 0.480 e. The maximum absolute atomic E-state index is 6.68. The first-order valence-corrected chi connectivity index (χ1v) is 10.6. The Morgan fingerprint density at radius 1 is 0.839 bits per heavy atom. The van der Waals surface area contributed by atoms with Gasteiger partial charge in [-0.1, -0.05) is 71.7 Å². The number of hydrogen-bond acceptors (Lipinski definition) is 4. The van der Waals surface area contributed by atoms with Gasteiger partial charge in [0.15, 0.2) is 6.10 Å². The molecule has 0 aliphatic carbocycles. The van der Waals surface area contributed by atoms with Gasteiger partial charge in [0, 0.05) is 26.7 Å². The molecule has 1 aromatic heterocycles. The fourth-order valence-electron chi connectivity index (χ4n) is 4.36. The predicted octanol–water partition coefficient (Wildman–Crippen LogP) is 6.14. The van der Waals surface area contributed by atoms with Gasteiger partial charge < -0.3 is 10.1 Å². The molecule has 0 fully saturated rings. The smallest absolute Gasteiger partial charge is 0.226 e. The number of halogens is 2. The van der Waals surface area contributed by atoms with E-state index in [1.165, 1.54) is 0 Å². The quantitative estimate of drug-likeness (QED) is 0.401. The number of aromatic nitrogens is 3. The zero-order chi connectivity index (χ0) is 20.9. The summed E-state index contributed by atoms with van der Waals surface area (Å²) in [5.74, 6) is 1.43. The van der Waals surface area contributed by atoms with Crippen LogP contribution in [0.25, 0.3) is 5.70 Å². The van der Waals surface area contributed by atoms with E-state index in [-0.39, 0.29) is 6.04 Å². The maximum Gasteiger partial charge on any atom is 0.226 e. The first-order chi connectivity index (χ1) is 15.2. The maximum atomic E-state index is 6.68. The standard InChI is InChI=1S/C24H16Cl2N4O/c25-17-10-4-1-7-14(17)22-20-21(29-24-27-13-28-30(22)24)16-9-3-6-12-19(16)31-23(20)15-8-2-5-11-18(15)26/h1-13,22-23H,(H,27,28,29)/t22-,23+/m1/s1. The normalized spacial score (nSPS) is 19.0. The van der Waals surface area contributed by atoms with Gasteiger partial charge in [0.2, 0.25) is 5.95 Å². The number of para-hydroxylation sites is 1. The van der Waals surface area contributed by atoms with E-state index in [4.69, 9.17) is 27.9 Å². The highest BCUT2D eigenvalue weighted by atomic mass is 35.5. The number of hydrogen-bond donors (Lipinski definition) is 1. The number of anilines is 1. The number of fused-ring (bicyclic) bond motifs is 3. The zero-order valence-electron chi connectivity index (χ0n) is 16.2. The molecule has 0 amide bonds. The molecule has 152 valence electrons. The Bertz CT molecular complexity index is 1350. The van der Waals surface area contributed by atoms with Crippen LogP contribution in [0.15, 0.2) is 84.7 Å². The molecule has 2 atom stereocenters. The van der Waals surface area contributed by atoms with Crippen molar-refractivity contribution >= 4 is 34.8 Å². The lowest BCUT2D eigenvalue weighted by molar-refractivity contribution is 0.223. The van der Waals surface area contributed by atoms with E-state index in [0.717, 1.165) is 33.7 Å². The molecule has 7 heteroatoms. The van der Waals surface area contributed by atoms with Crippen LogP contribution in [-0.4, -0.2) is 14.8 Å². The van der Waals surface area contributed by atoms with Crippen molar-refractivity contribution in [2.45, 2.75) is 12.1 Å². The zero-order valence-corrected chi connectivity index (χ0v) is 17.7. The molecule has 0 unspecified atom stereocenters. The van der Waals surface area contributed by atoms with Crippen molar-refractivity contribution in [2.75, 3.05) is 5.32 Å². The Morgan fingerprint density at radius 2 is 1.52 bits per heavy atom. The average Bonchev–Trinajstić information content (AvgIpc) is 3.26. The molecule has 0 radical (unpaired) electrons. The van der Waals surface area contributed by atoms with Crippen molar-refractivity contribution in [1.82, 2.24) is 14.8 Å². The van der Waals surface area contributed by atoms with E-state index in [9.17, 15) is 0 Å². The van der Waals surface area contributed by atoms with Gasteiger partial charge in [0.25, 0.3) is 0 Å². The fourth-order valence-corrected chi connectivity index (χ4v) is 4.83. The molecule has 1 N–H and O–H groups in total. The molecule has 2 aliphatic heterocycles. The summed E-state index contributed by atoms with van der Waals surface area (Å²) in [5.41, 5.74) is 4.70. The van der Waals surface area contributed by atoms with Gasteiger partial charge in [-0.2, -0.15) is 10.1 Å². The van der Waals surface area contributed by atoms with Crippen molar-refractivity contribution in [1.29, 1.82) is 0 Å². The van der Waals surface area contributed by atoms with Crippen molar-refractivity contribution < 1.29 is 4.74 Å². The molecule has 3 aromatic carbocycles. The second-order valence-corrected chi connectivity index (χ2v) is 8.24. The number of nitrogens with zero attached hydrogens (tertiary/aromatic N) is 3. The molecule has 6 rings (SSSR count). The lowest BCUT2D eigenvalue weighted by Crippen LogP contribution is -2.32. The highest BCUT2D eigenvalue weighted by molar-refractivity contribution is 6.31. The minimum absolute atomic E-state index is 0.308.